The first-order chi connectivity index (χ1) is 17.8. The number of aromatic nitrogens is 5. The Morgan fingerprint density at radius 2 is 1.97 bits per heavy atom. The molecule has 10 nitrogen and oxygen atoms in total. The first-order valence-corrected chi connectivity index (χ1v) is 13.0. The fourth-order valence-corrected chi connectivity index (χ4v) is 5.98. The molecule has 0 saturated carbocycles. The largest absolute Gasteiger partial charge is 0.389 e. The normalized spacial score (nSPS) is 21.4. The third-order valence-corrected chi connectivity index (χ3v) is 8.20. The number of carbonyl (C=O) groups is 1. The van der Waals surface area contributed by atoms with Gasteiger partial charge in [0.15, 0.2) is 22.8 Å². The topological polar surface area (TPSA) is 138 Å². The number of aryl methyl sites for hydroxylation is 1. The first kappa shape index (κ1) is 25.7. The summed E-state index contributed by atoms with van der Waals surface area (Å²) in [4.78, 5) is 30.3. The molecule has 1 aromatic carbocycles. The van der Waals surface area contributed by atoms with Crippen molar-refractivity contribution in [1.82, 2.24) is 29.8 Å². The lowest BCUT2D eigenvalue weighted by Crippen LogP contribution is -2.39. The van der Waals surface area contributed by atoms with Gasteiger partial charge in [-0.05, 0) is 24.6 Å². The summed E-state index contributed by atoms with van der Waals surface area (Å²) >= 11 is 13.7. The standard InChI is InChI=1S/C24H23Cl2N7O3S/c1-11-3-4-15(26)12(5-11)8-29-21-16-22(32-20(31-21)13-6-14(25)9-28-7-13)33(10-30-16)24-18(35)17(34)19(37-24)23(36)27-2/h3-7,9-10,17-19,24,34-35H,8H2,1-2H3,(H,27,36)(H,29,31,32)/t17-,18+,19-,24+/m0/s1. The Kier molecular flexibility index (Phi) is 7.24. The number of nitrogens with zero attached hydrogens (tertiary/aromatic N) is 5. The molecule has 4 atom stereocenters. The summed E-state index contributed by atoms with van der Waals surface area (Å²) in [6, 6.07) is 7.46. The van der Waals surface area contributed by atoms with Gasteiger partial charge in [0.2, 0.25) is 5.91 Å². The monoisotopic (exact) mass is 559 g/mol. The van der Waals surface area contributed by atoms with Crippen molar-refractivity contribution in [3.63, 3.8) is 0 Å². The molecular weight excluding hydrogens is 537 g/mol. The van der Waals surface area contributed by atoms with Crippen LogP contribution in [0, 0.1) is 6.92 Å². The summed E-state index contributed by atoms with van der Waals surface area (Å²) in [5, 5.41) is 26.7. The summed E-state index contributed by atoms with van der Waals surface area (Å²) in [5.74, 6) is 0.404. The van der Waals surface area contributed by atoms with Crippen molar-refractivity contribution in [2.24, 2.45) is 0 Å². The zero-order valence-corrected chi connectivity index (χ0v) is 22.1. The number of aliphatic hydroxyl groups is 2. The molecule has 5 rings (SSSR count). The van der Waals surface area contributed by atoms with Gasteiger partial charge in [-0.15, -0.1) is 11.8 Å². The Hall–Kier alpha value is -2.96. The lowest BCUT2D eigenvalue weighted by Gasteiger charge is -2.17. The van der Waals surface area contributed by atoms with Crippen LogP contribution in [0.3, 0.4) is 0 Å². The predicted molar refractivity (Wildman–Crippen MR) is 144 cm³/mol. The molecule has 4 heterocycles. The second kappa shape index (κ2) is 10.4. The molecule has 1 saturated heterocycles. The highest BCUT2D eigenvalue weighted by atomic mass is 35.5. The van der Waals surface area contributed by atoms with Crippen molar-refractivity contribution in [2.75, 3.05) is 12.4 Å². The Morgan fingerprint density at radius 1 is 1.16 bits per heavy atom. The highest BCUT2D eigenvalue weighted by molar-refractivity contribution is 8.01. The predicted octanol–water partition coefficient (Wildman–Crippen LogP) is 3.20. The van der Waals surface area contributed by atoms with E-state index in [1.54, 1.807) is 16.8 Å². The molecule has 0 bridgehead atoms. The first-order valence-electron chi connectivity index (χ1n) is 11.3. The van der Waals surface area contributed by atoms with Crippen LogP contribution >= 0.6 is 35.0 Å². The molecule has 1 amide bonds. The van der Waals surface area contributed by atoms with Gasteiger partial charge < -0.3 is 20.8 Å². The van der Waals surface area contributed by atoms with Crippen molar-refractivity contribution in [1.29, 1.82) is 0 Å². The van der Waals surface area contributed by atoms with Crippen LogP contribution in [-0.4, -0.2) is 65.1 Å². The SMILES string of the molecule is CNC(=O)[C@H]1S[C@@H](n2cnc3c(NCc4cc(C)ccc4Cl)nc(-c4cncc(Cl)c4)nc32)[C@H](O)[C@@H]1O. The molecule has 13 heteroatoms. The van der Waals surface area contributed by atoms with Gasteiger partial charge in [0.25, 0.3) is 0 Å². The molecule has 0 aliphatic carbocycles. The second-order valence-electron chi connectivity index (χ2n) is 8.60. The third-order valence-electron chi connectivity index (χ3n) is 6.05. The van der Waals surface area contributed by atoms with Gasteiger partial charge in [-0.3, -0.25) is 14.3 Å². The average molecular weight is 560 g/mol. The van der Waals surface area contributed by atoms with E-state index in [2.05, 4.69) is 25.6 Å². The van der Waals surface area contributed by atoms with Gasteiger partial charge in [-0.1, -0.05) is 40.9 Å². The summed E-state index contributed by atoms with van der Waals surface area (Å²) in [6.07, 6.45) is 2.15. The lowest BCUT2D eigenvalue weighted by molar-refractivity contribution is -0.122. The second-order valence-corrected chi connectivity index (χ2v) is 10.7. The zero-order valence-electron chi connectivity index (χ0n) is 19.8. The number of aliphatic hydroxyl groups excluding tert-OH is 2. The summed E-state index contributed by atoms with van der Waals surface area (Å²) in [6.45, 7) is 2.37. The van der Waals surface area contributed by atoms with Gasteiger partial charge in [0.1, 0.15) is 22.8 Å². The number of halogens is 2. The maximum atomic E-state index is 12.3. The van der Waals surface area contributed by atoms with Crippen molar-refractivity contribution >= 4 is 57.9 Å². The molecule has 0 spiro atoms. The van der Waals surface area contributed by atoms with Crippen LogP contribution < -0.4 is 10.6 Å². The maximum absolute atomic E-state index is 12.3. The number of imidazole rings is 1. The summed E-state index contributed by atoms with van der Waals surface area (Å²) < 4.78 is 1.64. The van der Waals surface area contributed by atoms with Gasteiger partial charge in [0.05, 0.1) is 11.3 Å². The molecule has 0 radical (unpaired) electrons. The Morgan fingerprint density at radius 3 is 2.73 bits per heavy atom. The number of pyridine rings is 1. The number of nitrogens with one attached hydrogen (secondary N) is 2. The average Bonchev–Trinajstić information content (AvgIpc) is 3.44. The van der Waals surface area contributed by atoms with Gasteiger partial charge in [-0.2, -0.15) is 0 Å². The van der Waals surface area contributed by atoms with E-state index in [-0.39, 0.29) is 5.91 Å². The van der Waals surface area contributed by atoms with E-state index in [0.717, 1.165) is 22.9 Å². The highest BCUT2D eigenvalue weighted by Gasteiger charge is 2.47. The molecule has 4 N–H and O–H groups in total. The van der Waals surface area contributed by atoms with Gasteiger partial charge >= 0.3 is 0 Å². The number of amides is 1. The molecule has 192 valence electrons. The van der Waals surface area contributed by atoms with Gasteiger partial charge in [-0.25, -0.2) is 15.0 Å². The molecular formula is C24H23Cl2N7O3S. The quantitative estimate of drug-likeness (QED) is 0.280. The number of benzene rings is 1. The molecule has 37 heavy (non-hydrogen) atoms. The van der Waals surface area contributed by atoms with Crippen LogP contribution in [0.2, 0.25) is 10.0 Å². The minimum absolute atomic E-state index is 0.336. The number of rotatable bonds is 6. The summed E-state index contributed by atoms with van der Waals surface area (Å²) in [5.41, 5.74) is 3.40. The molecule has 1 fully saturated rings. The van der Waals surface area contributed by atoms with Crippen LogP contribution in [0.25, 0.3) is 22.6 Å². The number of hydrogen-bond acceptors (Lipinski definition) is 9. The highest BCUT2D eigenvalue weighted by Crippen LogP contribution is 2.43. The fourth-order valence-electron chi connectivity index (χ4n) is 4.16. The Bertz CT molecular complexity index is 1480. The smallest absolute Gasteiger partial charge is 0.235 e. The lowest BCUT2D eigenvalue weighted by atomic mass is 10.1. The molecule has 3 aromatic heterocycles. The number of hydrogen-bond donors (Lipinski definition) is 4. The molecule has 1 aliphatic rings. The van der Waals surface area contributed by atoms with E-state index in [4.69, 9.17) is 28.2 Å². The van der Waals surface area contributed by atoms with Crippen LogP contribution in [0.4, 0.5) is 5.82 Å². The number of anilines is 1. The Labute approximate surface area is 226 Å². The van der Waals surface area contributed by atoms with Crippen LogP contribution in [-0.2, 0) is 11.3 Å². The van der Waals surface area contributed by atoms with Crippen LogP contribution in [0.15, 0.2) is 43.0 Å². The fraction of sp³-hybridized carbons (Fsp3) is 0.292. The Balaban J connectivity index is 1.59. The molecule has 1 aliphatic heterocycles. The van der Waals surface area contributed by atoms with Crippen LogP contribution in [0.1, 0.15) is 16.5 Å². The summed E-state index contributed by atoms with van der Waals surface area (Å²) in [7, 11) is 1.49. The maximum Gasteiger partial charge on any atom is 0.235 e. The van der Waals surface area contributed by atoms with E-state index >= 15 is 0 Å². The van der Waals surface area contributed by atoms with E-state index < -0.39 is 22.8 Å². The minimum atomic E-state index is -1.26. The number of carbonyl (C=O) groups excluding carboxylic acids is 1. The van der Waals surface area contributed by atoms with E-state index in [1.165, 1.54) is 19.6 Å². The minimum Gasteiger partial charge on any atom is -0.389 e. The number of thioether (sulfide) groups is 1. The third kappa shape index (κ3) is 4.97. The van der Waals surface area contributed by atoms with E-state index in [1.807, 2.05) is 25.1 Å². The van der Waals surface area contributed by atoms with Crippen molar-refractivity contribution in [3.8, 4) is 11.4 Å². The van der Waals surface area contributed by atoms with Gasteiger partial charge in [0, 0.05) is 36.6 Å². The molecule has 0 unspecified atom stereocenters. The van der Waals surface area contributed by atoms with Crippen LogP contribution in [0.5, 0.6) is 0 Å². The number of fused-ring (bicyclic) bond motifs is 1. The molecule has 4 aromatic rings. The van der Waals surface area contributed by atoms with E-state index in [0.29, 0.717) is 45.0 Å². The van der Waals surface area contributed by atoms with Crippen molar-refractivity contribution < 1.29 is 15.0 Å². The van der Waals surface area contributed by atoms with E-state index in [9.17, 15) is 15.0 Å². The van der Waals surface area contributed by atoms with Crippen molar-refractivity contribution in [2.45, 2.75) is 36.3 Å². The zero-order chi connectivity index (χ0) is 26.3. The van der Waals surface area contributed by atoms with Crippen molar-refractivity contribution in [3.05, 3.63) is 64.2 Å².